The zero-order valence-electron chi connectivity index (χ0n) is 14.4. The van der Waals surface area contributed by atoms with Crippen LogP contribution in [0.25, 0.3) is 10.6 Å². The quantitative estimate of drug-likeness (QED) is 0.555. The fourth-order valence-corrected chi connectivity index (χ4v) is 3.60. The molecule has 2 aromatic heterocycles. The van der Waals surface area contributed by atoms with Gasteiger partial charge >= 0.3 is 0 Å². The Morgan fingerprint density at radius 3 is 2.31 bits per heavy atom. The Bertz CT molecular complexity index is 907. The molecule has 0 fully saturated rings. The summed E-state index contributed by atoms with van der Waals surface area (Å²) in [6.45, 7) is 0. The number of nitrogens with one attached hydrogen (secondary N) is 1. The van der Waals surface area contributed by atoms with Gasteiger partial charge in [0.2, 0.25) is 5.75 Å². The number of hydrogen-bond donors (Lipinski definition) is 2. The highest BCUT2D eigenvalue weighted by molar-refractivity contribution is 9.10. The molecule has 0 radical (unpaired) electrons. The third-order valence-electron chi connectivity index (χ3n) is 3.52. The molecule has 0 amide bonds. The smallest absolute Gasteiger partial charge is 0.203 e. The van der Waals surface area contributed by atoms with Crippen molar-refractivity contribution >= 4 is 43.9 Å². The second kappa shape index (κ2) is 7.79. The molecule has 0 saturated carbocycles. The Balaban J connectivity index is 1.94. The van der Waals surface area contributed by atoms with E-state index in [9.17, 15) is 0 Å². The Hall–Kier alpha value is -2.52. The van der Waals surface area contributed by atoms with Crippen LogP contribution in [0.5, 0.6) is 17.2 Å². The van der Waals surface area contributed by atoms with E-state index in [2.05, 4.69) is 31.2 Å². The molecule has 3 N–H and O–H groups in total. The van der Waals surface area contributed by atoms with Crippen LogP contribution in [0.4, 0.5) is 16.6 Å². The van der Waals surface area contributed by atoms with Gasteiger partial charge in [-0.05, 0) is 28.1 Å². The van der Waals surface area contributed by atoms with E-state index >= 15 is 0 Å². The minimum absolute atomic E-state index is 0.413. The van der Waals surface area contributed by atoms with Gasteiger partial charge in [0.25, 0.3) is 0 Å². The van der Waals surface area contributed by atoms with Gasteiger partial charge in [0.1, 0.15) is 10.4 Å². The molecule has 0 saturated heterocycles. The SMILES string of the molecule is COc1cc(Nc2nc(N)c(-c3cccc(Br)n3)s2)cc(OC)c1OC. The molecular formula is C17H17BrN4O3S. The maximum absolute atomic E-state index is 6.07. The van der Waals surface area contributed by atoms with Crippen LogP contribution in [-0.4, -0.2) is 31.3 Å². The minimum Gasteiger partial charge on any atom is -0.493 e. The monoisotopic (exact) mass is 436 g/mol. The second-order valence-corrected chi connectivity index (χ2v) is 6.93. The molecule has 26 heavy (non-hydrogen) atoms. The molecule has 2 heterocycles. The highest BCUT2D eigenvalue weighted by atomic mass is 79.9. The van der Waals surface area contributed by atoms with Crippen LogP contribution in [0.2, 0.25) is 0 Å². The van der Waals surface area contributed by atoms with E-state index < -0.39 is 0 Å². The first-order chi connectivity index (χ1) is 12.5. The van der Waals surface area contributed by atoms with E-state index in [0.717, 1.165) is 20.9 Å². The molecule has 9 heteroatoms. The van der Waals surface area contributed by atoms with Gasteiger partial charge in [0, 0.05) is 17.8 Å². The van der Waals surface area contributed by atoms with Crippen LogP contribution >= 0.6 is 27.3 Å². The number of hydrogen-bond acceptors (Lipinski definition) is 8. The standard InChI is InChI=1S/C17H17BrN4O3S/c1-23-11-7-9(8-12(24-2)14(11)25-3)20-17-22-16(19)15(26-17)10-5-4-6-13(18)21-10/h4-8H,19H2,1-3H3,(H,20,22). The lowest BCUT2D eigenvalue weighted by Crippen LogP contribution is -1.97. The van der Waals surface area contributed by atoms with E-state index in [0.29, 0.717) is 28.2 Å². The van der Waals surface area contributed by atoms with Gasteiger partial charge in [-0.15, -0.1) is 0 Å². The number of rotatable bonds is 6. The maximum Gasteiger partial charge on any atom is 0.203 e. The fourth-order valence-electron chi connectivity index (χ4n) is 2.38. The Morgan fingerprint density at radius 1 is 1.04 bits per heavy atom. The summed E-state index contributed by atoms with van der Waals surface area (Å²) in [5.41, 5.74) is 7.56. The predicted octanol–water partition coefficient (Wildman–Crippen LogP) is 4.32. The first-order valence-corrected chi connectivity index (χ1v) is 9.13. The molecule has 0 atom stereocenters. The van der Waals surface area contributed by atoms with Crippen molar-refractivity contribution in [2.45, 2.75) is 0 Å². The van der Waals surface area contributed by atoms with E-state index in [1.165, 1.54) is 11.3 Å². The average Bonchev–Trinajstić information content (AvgIpc) is 3.00. The van der Waals surface area contributed by atoms with Crippen molar-refractivity contribution in [3.8, 4) is 27.8 Å². The van der Waals surface area contributed by atoms with E-state index in [-0.39, 0.29) is 0 Å². The molecule has 0 spiro atoms. The number of nitrogen functional groups attached to an aromatic ring is 1. The van der Waals surface area contributed by atoms with Crippen molar-refractivity contribution in [1.82, 2.24) is 9.97 Å². The summed E-state index contributed by atoms with van der Waals surface area (Å²) in [6.07, 6.45) is 0. The van der Waals surface area contributed by atoms with Crippen molar-refractivity contribution in [2.75, 3.05) is 32.4 Å². The van der Waals surface area contributed by atoms with E-state index in [4.69, 9.17) is 19.9 Å². The van der Waals surface area contributed by atoms with Crippen LogP contribution in [0.15, 0.2) is 34.9 Å². The van der Waals surface area contributed by atoms with E-state index in [1.54, 1.807) is 33.5 Å². The van der Waals surface area contributed by atoms with Crippen LogP contribution < -0.4 is 25.3 Å². The lowest BCUT2D eigenvalue weighted by Gasteiger charge is -2.14. The summed E-state index contributed by atoms with van der Waals surface area (Å²) in [5.74, 6) is 2.04. The predicted molar refractivity (Wildman–Crippen MR) is 107 cm³/mol. The lowest BCUT2D eigenvalue weighted by atomic mass is 10.2. The van der Waals surface area contributed by atoms with Gasteiger partial charge in [-0.2, -0.15) is 0 Å². The van der Waals surface area contributed by atoms with Crippen molar-refractivity contribution < 1.29 is 14.2 Å². The molecule has 7 nitrogen and oxygen atoms in total. The maximum atomic E-state index is 6.07. The normalized spacial score (nSPS) is 10.5. The molecule has 0 unspecified atom stereocenters. The Morgan fingerprint density at radius 2 is 1.73 bits per heavy atom. The van der Waals surface area contributed by atoms with Gasteiger partial charge < -0.3 is 25.3 Å². The first kappa shape index (κ1) is 18.3. The summed E-state index contributed by atoms with van der Waals surface area (Å²) in [7, 11) is 4.70. The average molecular weight is 437 g/mol. The fraction of sp³-hybridized carbons (Fsp3) is 0.176. The number of methoxy groups -OCH3 is 3. The number of nitrogens with two attached hydrogens (primary N) is 1. The summed E-state index contributed by atoms with van der Waals surface area (Å²) >= 11 is 4.78. The van der Waals surface area contributed by atoms with Crippen LogP contribution in [0.3, 0.4) is 0 Å². The topological polar surface area (TPSA) is 91.5 Å². The van der Waals surface area contributed by atoms with Gasteiger partial charge in [0.15, 0.2) is 16.6 Å². The lowest BCUT2D eigenvalue weighted by molar-refractivity contribution is 0.324. The number of anilines is 3. The summed E-state index contributed by atoms with van der Waals surface area (Å²) < 4.78 is 16.8. The van der Waals surface area contributed by atoms with Crippen LogP contribution in [0.1, 0.15) is 0 Å². The molecule has 3 rings (SSSR count). The third kappa shape index (κ3) is 3.68. The van der Waals surface area contributed by atoms with Crippen molar-refractivity contribution in [2.24, 2.45) is 0 Å². The van der Waals surface area contributed by atoms with Crippen LogP contribution in [-0.2, 0) is 0 Å². The highest BCUT2D eigenvalue weighted by Crippen LogP contribution is 2.42. The minimum atomic E-state index is 0.413. The van der Waals surface area contributed by atoms with Crippen LogP contribution in [0, 0.1) is 0 Å². The van der Waals surface area contributed by atoms with Crippen molar-refractivity contribution in [3.05, 3.63) is 34.9 Å². The molecule has 136 valence electrons. The number of aromatic nitrogens is 2. The molecule has 0 aliphatic rings. The molecule has 0 aliphatic carbocycles. The number of thiazole rings is 1. The third-order valence-corrected chi connectivity index (χ3v) is 4.97. The second-order valence-electron chi connectivity index (χ2n) is 5.12. The number of pyridine rings is 1. The van der Waals surface area contributed by atoms with Crippen molar-refractivity contribution in [3.63, 3.8) is 0 Å². The van der Waals surface area contributed by atoms with Gasteiger partial charge in [0.05, 0.1) is 31.9 Å². The van der Waals surface area contributed by atoms with Gasteiger partial charge in [-0.1, -0.05) is 17.4 Å². The number of ether oxygens (including phenoxy) is 3. The molecule has 0 bridgehead atoms. The highest BCUT2D eigenvalue weighted by Gasteiger charge is 2.16. The Labute approximate surface area is 163 Å². The molecule has 0 aliphatic heterocycles. The molecule has 1 aromatic carbocycles. The number of benzene rings is 1. The number of nitrogens with zero attached hydrogens (tertiary/aromatic N) is 2. The zero-order chi connectivity index (χ0) is 18.7. The molecular weight excluding hydrogens is 420 g/mol. The summed E-state index contributed by atoms with van der Waals surface area (Å²) in [6, 6.07) is 9.25. The molecule has 3 aromatic rings. The van der Waals surface area contributed by atoms with Gasteiger partial charge in [-0.3, -0.25) is 0 Å². The first-order valence-electron chi connectivity index (χ1n) is 7.52. The number of halogens is 1. The zero-order valence-corrected chi connectivity index (χ0v) is 16.8. The largest absolute Gasteiger partial charge is 0.493 e. The van der Waals surface area contributed by atoms with E-state index in [1.807, 2.05) is 18.2 Å². The summed E-state index contributed by atoms with van der Waals surface area (Å²) in [4.78, 5) is 9.60. The van der Waals surface area contributed by atoms with Gasteiger partial charge in [-0.25, -0.2) is 9.97 Å². The summed E-state index contributed by atoms with van der Waals surface area (Å²) in [5, 5.41) is 3.86. The van der Waals surface area contributed by atoms with Crippen molar-refractivity contribution in [1.29, 1.82) is 0 Å². The Kier molecular flexibility index (Phi) is 5.48.